The quantitative estimate of drug-likeness (QED) is 0.157. The van der Waals surface area contributed by atoms with Crippen LogP contribution in [0, 0.1) is 0 Å². The fourth-order valence-corrected chi connectivity index (χ4v) is 7.97. The van der Waals surface area contributed by atoms with Crippen LogP contribution in [0.25, 0.3) is 10.8 Å². The lowest BCUT2D eigenvalue weighted by Gasteiger charge is -2.21. The van der Waals surface area contributed by atoms with Crippen LogP contribution in [0.3, 0.4) is 0 Å². The number of carbonyl (C=O) groups is 3. The van der Waals surface area contributed by atoms with Gasteiger partial charge in [0.25, 0.3) is 5.91 Å². The molecule has 1 aliphatic heterocycles. The summed E-state index contributed by atoms with van der Waals surface area (Å²) in [4.78, 5) is 35.0. The van der Waals surface area contributed by atoms with E-state index in [1.54, 1.807) is 60.7 Å². The standard InChI is InChI=1S/C29H25N3O9S2/c33-25(34)14-21(17-8-3-1-4-9-17)31-42(38,39)23-16-24(28-27-19(23)12-7-13-20(27)29(37)30-28)43(40,41)32-22(15-26(35)36)18-10-5-2-6-11-18/h1-13,16,21-22,31-32H,14-15H2,(H,30,37)(H,33,34)(H,35,36)/t21-,22+/m1/s1. The van der Waals surface area contributed by atoms with Crippen LogP contribution in [0.1, 0.15) is 46.4 Å². The number of rotatable bonds is 12. The molecule has 0 spiro atoms. The van der Waals surface area contributed by atoms with Crippen molar-refractivity contribution in [2.75, 3.05) is 5.32 Å². The summed E-state index contributed by atoms with van der Waals surface area (Å²) in [7, 11) is -9.30. The summed E-state index contributed by atoms with van der Waals surface area (Å²) in [6, 6.07) is 18.7. The zero-order chi connectivity index (χ0) is 30.9. The SMILES string of the molecule is O=C(O)C[C@H](NS(=O)(=O)c1cc(S(=O)(=O)N[C@H](CC(=O)O)c2ccccc2)c2cccc3c2c1NC3=O)c1ccccc1. The maximum atomic E-state index is 13.9. The lowest BCUT2D eigenvalue weighted by molar-refractivity contribution is -0.138. The Morgan fingerprint density at radius 3 is 1.67 bits per heavy atom. The molecule has 1 amide bonds. The topological polar surface area (TPSA) is 196 Å². The Balaban J connectivity index is 1.67. The molecule has 1 heterocycles. The first-order valence-electron chi connectivity index (χ1n) is 12.9. The van der Waals surface area contributed by atoms with Crippen molar-refractivity contribution in [1.82, 2.24) is 9.44 Å². The van der Waals surface area contributed by atoms with Crippen molar-refractivity contribution in [2.24, 2.45) is 0 Å². The molecular formula is C29H25N3O9S2. The van der Waals surface area contributed by atoms with Gasteiger partial charge in [-0.05, 0) is 23.3 Å². The molecule has 5 rings (SSSR count). The van der Waals surface area contributed by atoms with Crippen molar-refractivity contribution < 1.29 is 41.4 Å². The molecule has 0 saturated carbocycles. The highest BCUT2D eigenvalue weighted by Gasteiger charge is 2.36. The van der Waals surface area contributed by atoms with Crippen LogP contribution in [0.2, 0.25) is 0 Å². The third-order valence-electron chi connectivity index (χ3n) is 6.91. The third-order valence-corrected chi connectivity index (χ3v) is 9.91. The summed E-state index contributed by atoms with van der Waals surface area (Å²) < 4.78 is 60.3. The molecule has 0 unspecified atom stereocenters. The molecule has 0 aliphatic carbocycles. The van der Waals surface area contributed by atoms with Crippen LogP contribution in [-0.2, 0) is 29.6 Å². The number of carbonyl (C=O) groups excluding carboxylic acids is 1. The van der Waals surface area contributed by atoms with E-state index in [1.807, 2.05) is 0 Å². The summed E-state index contributed by atoms with van der Waals surface area (Å²) in [6.45, 7) is 0. The zero-order valence-corrected chi connectivity index (χ0v) is 23.9. The van der Waals surface area contributed by atoms with Gasteiger partial charge in [0, 0.05) is 16.3 Å². The van der Waals surface area contributed by atoms with Gasteiger partial charge in [-0.3, -0.25) is 14.4 Å². The summed E-state index contributed by atoms with van der Waals surface area (Å²) in [5.41, 5.74) is 0.597. The van der Waals surface area contributed by atoms with Crippen LogP contribution in [0.5, 0.6) is 0 Å². The first-order chi connectivity index (χ1) is 20.4. The van der Waals surface area contributed by atoms with Gasteiger partial charge in [0.05, 0.1) is 35.5 Å². The number of hydrogen-bond donors (Lipinski definition) is 5. The van der Waals surface area contributed by atoms with Gasteiger partial charge in [0.15, 0.2) is 0 Å². The molecule has 4 aromatic carbocycles. The minimum absolute atomic E-state index is 0.0320. The van der Waals surface area contributed by atoms with Gasteiger partial charge in [0.2, 0.25) is 20.0 Å². The first kappa shape index (κ1) is 29.8. The van der Waals surface area contributed by atoms with E-state index >= 15 is 0 Å². The first-order valence-corrected chi connectivity index (χ1v) is 15.8. The van der Waals surface area contributed by atoms with Gasteiger partial charge >= 0.3 is 11.9 Å². The van der Waals surface area contributed by atoms with Crippen LogP contribution in [0.15, 0.2) is 94.7 Å². The number of anilines is 1. The van der Waals surface area contributed by atoms with Crippen molar-refractivity contribution in [1.29, 1.82) is 0 Å². The number of nitrogens with one attached hydrogen (secondary N) is 3. The Morgan fingerprint density at radius 2 is 1.19 bits per heavy atom. The van der Waals surface area contributed by atoms with Crippen LogP contribution < -0.4 is 14.8 Å². The predicted molar refractivity (Wildman–Crippen MR) is 155 cm³/mol. The molecule has 4 aromatic rings. The van der Waals surface area contributed by atoms with E-state index < -0.39 is 72.6 Å². The van der Waals surface area contributed by atoms with Crippen molar-refractivity contribution >= 4 is 54.4 Å². The molecule has 43 heavy (non-hydrogen) atoms. The second-order valence-corrected chi connectivity index (χ2v) is 13.2. The highest BCUT2D eigenvalue weighted by molar-refractivity contribution is 7.90. The second-order valence-electron chi connectivity index (χ2n) is 9.79. The van der Waals surface area contributed by atoms with Gasteiger partial charge in [-0.1, -0.05) is 72.8 Å². The highest BCUT2D eigenvalue weighted by Crippen LogP contribution is 2.42. The average Bonchev–Trinajstić information content (AvgIpc) is 3.29. The lowest BCUT2D eigenvalue weighted by atomic mass is 10.1. The maximum Gasteiger partial charge on any atom is 0.305 e. The fourth-order valence-electron chi connectivity index (χ4n) is 5.02. The molecule has 2 atom stereocenters. The summed E-state index contributed by atoms with van der Waals surface area (Å²) in [5, 5.41) is 21.5. The normalized spacial score (nSPS) is 14.3. The lowest BCUT2D eigenvalue weighted by Crippen LogP contribution is -2.32. The smallest absolute Gasteiger partial charge is 0.305 e. The number of aliphatic carboxylic acids is 2. The summed E-state index contributed by atoms with van der Waals surface area (Å²) >= 11 is 0. The fraction of sp³-hybridized carbons (Fsp3) is 0.138. The Hall–Kier alpha value is -4.63. The molecule has 0 fully saturated rings. The van der Waals surface area contributed by atoms with E-state index in [0.717, 1.165) is 6.07 Å². The number of sulfonamides is 2. The number of amides is 1. The van der Waals surface area contributed by atoms with Gasteiger partial charge in [-0.25, -0.2) is 26.3 Å². The van der Waals surface area contributed by atoms with E-state index in [-0.39, 0.29) is 22.0 Å². The maximum absolute atomic E-state index is 13.9. The van der Waals surface area contributed by atoms with Crippen LogP contribution in [-0.4, -0.2) is 44.9 Å². The van der Waals surface area contributed by atoms with Crippen molar-refractivity contribution in [3.8, 4) is 0 Å². The Bertz CT molecular complexity index is 1960. The third kappa shape index (κ3) is 6.12. The monoisotopic (exact) mass is 623 g/mol. The Kier molecular flexibility index (Phi) is 8.03. The molecule has 0 bridgehead atoms. The van der Waals surface area contributed by atoms with E-state index in [0.29, 0.717) is 11.1 Å². The number of benzene rings is 4. The van der Waals surface area contributed by atoms with Crippen LogP contribution >= 0.6 is 0 Å². The number of carboxylic acids is 2. The van der Waals surface area contributed by atoms with Crippen molar-refractivity contribution in [2.45, 2.75) is 34.7 Å². The largest absolute Gasteiger partial charge is 0.481 e. The molecule has 0 saturated heterocycles. The minimum Gasteiger partial charge on any atom is -0.481 e. The van der Waals surface area contributed by atoms with Crippen LogP contribution in [0.4, 0.5) is 5.69 Å². The van der Waals surface area contributed by atoms with E-state index in [9.17, 15) is 41.4 Å². The van der Waals surface area contributed by atoms with Crippen molar-refractivity contribution in [3.63, 3.8) is 0 Å². The molecule has 14 heteroatoms. The van der Waals surface area contributed by atoms with Gasteiger partial charge in [-0.2, -0.15) is 0 Å². The van der Waals surface area contributed by atoms with Gasteiger partial charge < -0.3 is 15.5 Å². The van der Waals surface area contributed by atoms with E-state index in [2.05, 4.69) is 14.8 Å². The zero-order valence-electron chi connectivity index (χ0n) is 22.2. The minimum atomic E-state index is -4.67. The van der Waals surface area contributed by atoms with E-state index in [1.165, 1.54) is 18.2 Å². The molecular weight excluding hydrogens is 598 g/mol. The molecule has 5 N–H and O–H groups in total. The highest BCUT2D eigenvalue weighted by atomic mass is 32.2. The Labute approximate surface area is 246 Å². The predicted octanol–water partition coefficient (Wildman–Crippen LogP) is 3.39. The Morgan fingerprint density at radius 1 is 0.698 bits per heavy atom. The number of carboxylic acid groups (broad SMARTS) is 2. The summed E-state index contributed by atoms with van der Waals surface area (Å²) in [5.74, 6) is -3.21. The molecule has 0 radical (unpaired) electrons. The van der Waals surface area contributed by atoms with E-state index in [4.69, 9.17) is 0 Å². The molecule has 1 aliphatic rings. The van der Waals surface area contributed by atoms with Gasteiger partial charge in [0.1, 0.15) is 4.90 Å². The second kappa shape index (κ2) is 11.6. The van der Waals surface area contributed by atoms with Gasteiger partial charge in [-0.15, -0.1) is 0 Å². The summed E-state index contributed by atoms with van der Waals surface area (Å²) in [6.07, 6.45) is -1.23. The average molecular weight is 624 g/mol. The molecule has 12 nitrogen and oxygen atoms in total. The van der Waals surface area contributed by atoms with Crippen molar-refractivity contribution in [3.05, 3.63) is 102 Å². The molecule has 222 valence electrons. The molecule has 0 aromatic heterocycles. The number of hydrogen-bond acceptors (Lipinski definition) is 7.